The van der Waals surface area contributed by atoms with Crippen molar-refractivity contribution in [3.8, 4) is 5.75 Å². The van der Waals surface area contributed by atoms with E-state index in [1.165, 1.54) is 44.9 Å². The Balaban J connectivity index is 1.75. The van der Waals surface area contributed by atoms with E-state index in [2.05, 4.69) is 24.5 Å². The van der Waals surface area contributed by atoms with Crippen LogP contribution in [-0.4, -0.2) is 60.1 Å². The summed E-state index contributed by atoms with van der Waals surface area (Å²) in [6.07, 6.45) is 13.9. The van der Waals surface area contributed by atoms with Crippen molar-refractivity contribution in [3.63, 3.8) is 0 Å². The molecule has 1 atom stereocenters. The highest BCUT2D eigenvalue weighted by atomic mass is 32.1. The van der Waals surface area contributed by atoms with Gasteiger partial charge in [0, 0.05) is 18.7 Å². The quantitative estimate of drug-likeness (QED) is 0.138. The molecule has 1 aliphatic heterocycles. The van der Waals surface area contributed by atoms with Crippen molar-refractivity contribution >= 4 is 35.1 Å². The van der Waals surface area contributed by atoms with Crippen molar-refractivity contribution in [2.24, 2.45) is 0 Å². The SMILES string of the molecule is CCCCCCCCCCCCOC(=O)CC1C(=O)NCCN1C(=S)NC(=O)c1cccc(OCCCC)c1. The lowest BCUT2D eigenvalue weighted by Gasteiger charge is -2.36. The molecule has 0 saturated carbocycles. The van der Waals surface area contributed by atoms with Crippen LogP contribution in [-0.2, 0) is 14.3 Å². The lowest BCUT2D eigenvalue weighted by atomic mass is 10.1. The number of piperazine rings is 1. The topological polar surface area (TPSA) is 97.0 Å². The summed E-state index contributed by atoms with van der Waals surface area (Å²) >= 11 is 5.47. The highest BCUT2D eigenvalue weighted by Crippen LogP contribution is 2.16. The third-order valence-corrected chi connectivity index (χ3v) is 7.13. The summed E-state index contributed by atoms with van der Waals surface area (Å²) in [5.41, 5.74) is 0.403. The molecule has 0 aromatic heterocycles. The average Bonchev–Trinajstić information content (AvgIpc) is 2.93. The van der Waals surface area contributed by atoms with Crippen molar-refractivity contribution in [1.29, 1.82) is 0 Å². The first kappa shape index (κ1) is 32.5. The van der Waals surface area contributed by atoms with E-state index in [0.717, 1.165) is 32.1 Å². The molecule has 0 aliphatic carbocycles. The minimum atomic E-state index is -0.824. The van der Waals surface area contributed by atoms with Gasteiger partial charge in [-0.1, -0.05) is 84.1 Å². The van der Waals surface area contributed by atoms with E-state index in [4.69, 9.17) is 21.7 Å². The largest absolute Gasteiger partial charge is 0.494 e. The fourth-order valence-electron chi connectivity index (χ4n) is 4.46. The Morgan fingerprint density at radius 3 is 2.33 bits per heavy atom. The third kappa shape index (κ3) is 12.8. The Morgan fingerprint density at radius 2 is 1.64 bits per heavy atom. The van der Waals surface area contributed by atoms with Crippen molar-refractivity contribution in [2.75, 3.05) is 26.3 Å². The minimum absolute atomic E-state index is 0.111. The van der Waals surface area contributed by atoms with Gasteiger partial charge in [-0.25, -0.2) is 0 Å². The maximum absolute atomic E-state index is 12.8. The molecule has 2 N–H and O–H groups in total. The molecule has 1 fully saturated rings. The van der Waals surface area contributed by atoms with Crippen molar-refractivity contribution in [2.45, 2.75) is 103 Å². The smallest absolute Gasteiger partial charge is 0.308 e. The molecule has 8 nitrogen and oxygen atoms in total. The van der Waals surface area contributed by atoms with E-state index >= 15 is 0 Å². The normalized spacial score (nSPS) is 15.0. The van der Waals surface area contributed by atoms with Crippen molar-refractivity contribution < 1.29 is 23.9 Å². The van der Waals surface area contributed by atoms with Crippen LogP contribution in [0.1, 0.15) is 108 Å². The molecule has 39 heavy (non-hydrogen) atoms. The number of esters is 1. The molecule has 9 heteroatoms. The van der Waals surface area contributed by atoms with E-state index < -0.39 is 17.9 Å². The van der Waals surface area contributed by atoms with Crippen LogP contribution in [0.25, 0.3) is 0 Å². The van der Waals surface area contributed by atoms with Crippen LogP contribution in [0.4, 0.5) is 0 Å². The second-order valence-electron chi connectivity index (χ2n) is 10.1. The first-order valence-electron chi connectivity index (χ1n) is 14.7. The first-order chi connectivity index (χ1) is 19.0. The van der Waals surface area contributed by atoms with Crippen LogP contribution in [0, 0.1) is 0 Å². The summed E-state index contributed by atoms with van der Waals surface area (Å²) in [4.78, 5) is 39.5. The molecule has 0 radical (unpaired) electrons. The number of nitrogens with zero attached hydrogens (tertiary/aromatic N) is 1. The Labute approximate surface area is 239 Å². The zero-order valence-electron chi connectivity index (χ0n) is 23.8. The maximum atomic E-state index is 12.8. The van der Waals surface area contributed by atoms with Gasteiger partial charge in [0.15, 0.2) is 5.11 Å². The second kappa shape index (κ2) is 19.4. The highest BCUT2D eigenvalue weighted by Gasteiger charge is 2.34. The first-order valence-corrected chi connectivity index (χ1v) is 15.1. The molecule has 1 saturated heterocycles. The van der Waals surface area contributed by atoms with Crippen LogP contribution < -0.4 is 15.4 Å². The van der Waals surface area contributed by atoms with Crippen LogP contribution in [0.5, 0.6) is 5.75 Å². The van der Waals surface area contributed by atoms with E-state index in [1.807, 2.05) is 0 Å². The lowest BCUT2D eigenvalue weighted by Crippen LogP contribution is -2.60. The number of carbonyl (C=O) groups is 3. The van der Waals surface area contributed by atoms with Crippen LogP contribution >= 0.6 is 12.2 Å². The second-order valence-corrected chi connectivity index (χ2v) is 10.5. The number of thiocarbonyl (C=S) groups is 1. The number of unbranched alkanes of at least 4 members (excludes halogenated alkanes) is 10. The van der Waals surface area contributed by atoms with Gasteiger partial charge in [-0.3, -0.25) is 19.7 Å². The predicted octanol–water partition coefficient (Wildman–Crippen LogP) is 5.53. The summed E-state index contributed by atoms with van der Waals surface area (Å²) in [5, 5.41) is 5.59. The molecule has 1 aromatic rings. The van der Waals surface area contributed by atoms with Gasteiger partial charge in [0.05, 0.1) is 19.6 Å². The van der Waals surface area contributed by atoms with Gasteiger partial charge in [0.2, 0.25) is 5.91 Å². The predicted molar refractivity (Wildman–Crippen MR) is 158 cm³/mol. The number of rotatable bonds is 18. The molecule has 1 heterocycles. The number of benzene rings is 1. The van der Waals surface area contributed by atoms with Gasteiger partial charge in [-0.2, -0.15) is 0 Å². The summed E-state index contributed by atoms with van der Waals surface area (Å²) in [6.45, 7) is 6.01. The van der Waals surface area contributed by atoms with Gasteiger partial charge in [0.25, 0.3) is 5.91 Å². The number of ether oxygens (including phenoxy) is 2. The fourth-order valence-corrected chi connectivity index (χ4v) is 4.77. The third-order valence-electron chi connectivity index (χ3n) is 6.80. The van der Waals surface area contributed by atoms with Gasteiger partial charge >= 0.3 is 5.97 Å². The monoisotopic (exact) mass is 561 g/mol. The molecule has 0 bridgehead atoms. The zero-order valence-corrected chi connectivity index (χ0v) is 24.6. The van der Waals surface area contributed by atoms with E-state index in [0.29, 0.717) is 37.6 Å². The molecule has 1 aromatic carbocycles. The van der Waals surface area contributed by atoms with Crippen molar-refractivity contribution in [1.82, 2.24) is 15.5 Å². The molecular weight excluding hydrogens is 514 g/mol. The number of carbonyl (C=O) groups excluding carboxylic acids is 3. The van der Waals surface area contributed by atoms with Crippen molar-refractivity contribution in [3.05, 3.63) is 29.8 Å². The van der Waals surface area contributed by atoms with Crippen LogP contribution in [0.3, 0.4) is 0 Å². The Morgan fingerprint density at radius 1 is 0.974 bits per heavy atom. The molecule has 2 rings (SSSR count). The lowest BCUT2D eigenvalue weighted by molar-refractivity contribution is -0.147. The fraction of sp³-hybridized carbons (Fsp3) is 0.667. The molecule has 0 spiro atoms. The summed E-state index contributed by atoms with van der Waals surface area (Å²) in [6, 6.07) is 6.07. The molecule has 218 valence electrons. The van der Waals surface area contributed by atoms with E-state index in [9.17, 15) is 14.4 Å². The van der Waals surface area contributed by atoms with Gasteiger partial charge in [-0.05, 0) is 43.3 Å². The van der Waals surface area contributed by atoms with Gasteiger partial charge < -0.3 is 19.7 Å². The average molecular weight is 562 g/mol. The zero-order chi connectivity index (χ0) is 28.3. The molecule has 2 amide bonds. The number of nitrogens with one attached hydrogen (secondary N) is 2. The Hall–Kier alpha value is -2.68. The molecule has 1 aliphatic rings. The maximum Gasteiger partial charge on any atom is 0.308 e. The Bertz CT molecular complexity index is 910. The van der Waals surface area contributed by atoms with Crippen LogP contribution in [0.15, 0.2) is 24.3 Å². The number of hydrogen-bond acceptors (Lipinski definition) is 6. The van der Waals surface area contributed by atoms with Gasteiger partial charge in [-0.15, -0.1) is 0 Å². The molecular formula is C30H47N3O5S. The van der Waals surface area contributed by atoms with E-state index in [-0.39, 0.29) is 17.4 Å². The summed E-state index contributed by atoms with van der Waals surface area (Å²) in [7, 11) is 0. The minimum Gasteiger partial charge on any atom is -0.494 e. The summed E-state index contributed by atoms with van der Waals surface area (Å²) < 4.78 is 11.1. The Kier molecular flexibility index (Phi) is 16.2. The number of amides is 2. The highest BCUT2D eigenvalue weighted by molar-refractivity contribution is 7.80. The van der Waals surface area contributed by atoms with E-state index in [1.54, 1.807) is 29.2 Å². The molecule has 1 unspecified atom stereocenters. The van der Waals surface area contributed by atoms with Gasteiger partial charge in [0.1, 0.15) is 11.8 Å². The van der Waals surface area contributed by atoms with Crippen LogP contribution in [0.2, 0.25) is 0 Å². The summed E-state index contributed by atoms with van der Waals surface area (Å²) in [5.74, 6) is -0.527. The number of hydrogen-bond donors (Lipinski definition) is 2. The standard InChI is InChI=1S/C30H47N3O5S/c1-3-5-7-8-9-10-11-12-13-14-21-38-27(34)23-26-29(36)31-18-19-33(26)30(39)32-28(35)24-16-15-17-25(22-24)37-20-6-4-2/h15-17,22,26H,3-14,18-21,23H2,1-2H3,(H,31,36)(H,32,35,39).